The maximum Gasteiger partial charge on any atom is 0.169 e. The molecule has 0 atom stereocenters. The maximum atomic E-state index is 5.33. The van der Waals surface area contributed by atoms with Gasteiger partial charge < -0.3 is 15.6 Å². The van der Waals surface area contributed by atoms with Crippen LogP contribution in [0, 0.1) is 0 Å². The Morgan fingerprint density at radius 1 is 1.73 bits per heavy atom. The van der Waals surface area contributed by atoms with E-state index in [2.05, 4.69) is 10.5 Å². The Morgan fingerprint density at radius 3 is 2.91 bits per heavy atom. The van der Waals surface area contributed by atoms with Crippen molar-refractivity contribution < 1.29 is 4.52 Å². The van der Waals surface area contributed by atoms with Crippen LogP contribution in [-0.4, -0.2) is 11.2 Å². The first-order valence-corrected chi connectivity index (χ1v) is 3.64. The lowest BCUT2D eigenvalue weighted by Crippen LogP contribution is -2.09. The molecule has 0 fully saturated rings. The third-order valence-electron chi connectivity index (χ3n) is 1.20. The van der Waals surface area contributed by atoms with E-state index in [0.29, 0.717) is 18.3 Å². The smallest absolute Gasteiger partial charge is 0.169 e. The Labute approximate surface area is 65.7 Å². The van der Waals surface area contributed by atoms with E-state index in [1.54, 1.807) is 6.07 Å². The van der Waals surface area contributed by atoms with Crippen molar-refractivity contribution in [2.24, 2.45) is 5.73 Å². The zero-order valence-electron chi connectivity index (χ0n) is 6.79. The second-order valence-corrected chi connectivity index (χ2v) is 2.68. The number of nitrogens with one attached hydrogen (secondary N) is 1. The summed E-state index contributed by atoms with van der Waals surface area (Å²) in [7, 11) is 0. The van der Waals surface area contributed by atoms with Crippen LogP contribution >= 0.6 is 0 Å². The quantitative estimate of drug-likeness (QED) is 0.682. The molecule has 4 nitrogen and oxygen atoms in total. The number of hydrogen-bond acceptors (Lipinski definition) is 4. The van der Waals surface area contributed by atoms with E-state index in [-0.39, 0.29) is 0 Å². The molecule has 4 heteroatoms. The van der Waals surface area contributed by atoms with Gasteiger partial charge in [0.15, 0.2) is 11.6 Å². The molecule has 0 spiro atoms. The lowest BCUT2D eigenvalue weighted by molar-refractivity contribution is 0.386. The van der Waals surface area contributed by atoms with E-state index >= 15 is 0 Å². The van der Waals surface area contributed by atoms with Gasteiger partial charge in [-0.1, -0.05) is 5.16 Å². The highest BCUT2D eigenvalue weighted by Gasteiger charge is 2.01. The first kappa shape index (κ1) is 8.07. The molecule has 0 aliphatic carbocycles. The van der Waals surface area contributed by atoms with Gasteiger partial charge in [0.25, 0.3) is 0 Å². The highest BCUT2D eigenvalue weighted by molar-refractivity contribution is 5.34. The molecule has 0 amide bonds. The van der Waals surface area contributed by atoms with Gasteiger partial charge in [0.1, 0.15) is 0 Å². The SMILES string of the molecule is CC(C)Nc1cc(CN)on1. The van der Waals surface area contributed by atoms with Crippen LogP contribution in [0.25, 0.3) is 0 Å². The second-order valence-electron chi connectivity index (χ2n) is 2.68. The fourth-order valence-electron chi connectivity index (χ4n) is 0.773. The van der Waals surface area contributed by atoms with Crippen molar-refractivity contribution in [3.05, 3.63) is 11.8 Å². The molecule has 1 aromatic heterocycles. The number of rotatable bonds is 3. The van der Waals surface area contributed by atoms with Gasteiger partial charge in [-0.15, -0.1) is 0 Å². The number of nitrogens with zero attached hydrogens (tertiary/aromatic N) is 1. The van der Waals surface area contributed by atoms with Gasteiger partial charge in [0.05, 0.1) is 6.54 Å². The minimum Gasteiger partial charge on any atom is -0.365 e. The molecule has 1 rings (SSSR count). The van der Waals surface area contributed by atoms with Crippen molar-refractivity contribution in [2.75, 3.05) is 5.32 Å². The zero-order chi connectivity index (χ0) is 8.27. The number of hydrogen-bond donors (Lipinski definition) is 2. The Balaban J connectivity index is 2.58. The zero-order valence-corrected chi connectivity index (χ0v) is 6.79. The van der Waals surface area contributed by atoms with Gasteiger partial charge in [-0.05, 0) is 13.8 Å². The third-order valence-corrected chi connectivity index (χ3v) is 1.20. The molecule has 0 bridgehead atoms. The molecule has 1 heterocycles. The maximum absolute atomic E-state index is 5.33. The van der Waals surface area contributed by atoms with Crippen molar-refractivity contribution in [2.45, 2.75) is 26.4 Å². The molecule has 62 valence electrons. The van der Waals surface area contributed by atoms with Crippen molar-refractivity contribution in [1.29, 1.82) is 0 Å². The Morgan fingerprint density at radius 2 is 2.45 bits per heavy atom. The molecule has 0 radical (unpaired) electrons. The van der Waals surface area contributed by atoms with Crippen molar-refractivity contribution >= 4 is 5.82 Å². The van der Waals surface area contributed by atoms with Crippen LogP contribution in [0.1, 0.15) is 19.6 Å². The highest BCUT2D eigenvalue weighted by Crippen LogP contribution is 2.08. The summed E-state index contributed by atoms with van der Waals surface area (Å²) in [4.78, 5) is 0. The summed E-state index contributed by atoms with van der Waals surface area (Å²) in [5.74, 6) is 1.45. The fraction of sp³-hybridized carbons (Fsp3) is 0.571. The monoisotopic (exact) mass is 155 g/mol. The average molecular weight is 155 g/mol. The van der Waals surface area contributed by atoms with Crippen LogP contribution in [0.15, 0.2) is 10.6 Å². The van der Waals surface area contributed by atoms with Crippen LogP contribution in [0.5, 0.6) is 0 Å². The average Bonchev–Trinajstić information content (AvgIpc) is 2.34. The summed E-state index contributed by atoms with van der Waals surface area (Å²) in [5, 5.41) is 6.86. The lowest BCUT2D eigenvalue weighted by atomic mass is 10.4. The highest BCUT2D eigenvalue weighted by atomic mass is 16.5. The molecule has 0 aromatic carbocycles. The topological polar surface area (TPSA) is 64.1 Å². The van der Waals surface area contributed by atoms with Gasteiger partial charge >= 0.3 is 0 Å². The molecule has 0 unspecified atom stereocenters. The standard InChI is InChI=1S/C7H13N3O/c1-5(2)9-7-3-6(4-8)11-10-7/h3,5H,4,8H2,1-2H3,(H,9,10). The van der Waals surface area contributed by atoms with Gasteiger partial charge in [0, 0.05) is 12.1 Å². The summed E-state index contributed by atoms with van der Waals surface area (Å²) >= 11 is 0. The predicted octanol–water partition coefficient (Wildman–Crippen LogP) is 0.954. The van der Waals surface area contributed by atoms with E-state index in [1.165, 1.54) is 0 Å². The van der Waals surface area contributed by atoms with E-state index in [0.717, 1.165) is 5.82 Å². The van der Waals surface area contributed by atoms with E-state index < -0.39 is 0 Å². The summed E-state index contributed by atoms with van der Waals surface area (Å²) in [5.41, 5.74) is 5.33. The van der Waals surface area contributed by atoms with Crippen molar-refractivity contribution in [1.82, 2.24) is 5.16 Å². The largest absolute Gasteiger partial charge is 0.365 e. The normalized spacial score (nSPS) is 10.5. The molecular weight excluding hydrogens is 142 g/mol. The van der Waals surface area contributed by atoms with Gasteiger partial charge in [-0.25, -0.2) is 0 Å². The Kier molecular flexibility index (Phi) is 2.48. The number of nitrogens with two attached hydrogens (primary N) is 1. The van der Waals surface area contributed by atoms with E-state index in [9.17, 15) is 0 Å². The molecule has 0 saturated carbocycles. The van der Waals surface area contributed by atoms with Gasteiger partial charge in [-0.2, -0.15) is 0 Å². The Bertz CT molecular complexity index is 219. The number of anilines is 1. The van der Waals surface area contributed by atoms with E-state index in [4.69, 9.17) is 10.3 Å². The summed E-state index contributed by atoms with van der Waals surface area (Å²) in [6.45, 7) is 4.47. The summed E-state index contributed by atoms with van der Waals surface area (Å²) in [6, 6.07) is 2.17. The van der Waals surface area contributed by atoms with E-state index in [1.807, 2.05) is 13.8 Å². The van der Waals surface area contributed by atoms with Gasteiger partial charge in [-0.3, -0.25) is 0 Å². The first-order valence-electron chi connectivity index (χ1n) is 3.64. The molecular formula is C7H13N3O. The van der Waals surface area contributed by atoms with Crippen molar-refractivity contribution in [3.8, 4) is 0 Å². The molecule has 0 aliphatic rings. The van der Waals surface area contributed by atoms with Crippen LogP contribution in [0.3, 0.4) is 0 Å². The minimum absolute atomic E-state index is 0.366. The molecule has 3 N–H and O–H groups in total. The second kappa shape index (κ2) is 3.39. The fourth-order valence-corrected chi connectivity index (χ4v) is 0.773. The first-order chi connectivity index (χ1) is 5.22. The molecule has 1 aromatic rings. The van der Waals surface area contributed by atoms with Crippen LogP contribution in [-0.2, 0) is 6.54 Å². The lowest BCUT2D eigenvalue weighted by Gasteiger charge is -2.03. The van der Waals surface area contributed by atoms with Crippen molar-refractivity contribution in [3.63, 3.8) is 0 Å². The number of aromatic nitrogens is 1. The predicted molar refractivity (Wildman–Crippen MR) is 43.2 cm³/mol. The van der Waals surface area contributed by atoms with Crippen LogP contribution < -0.4 is 11.1 Å². The third kappa shape index (κ3) is 2.23. The summed E-state index contributed by atoms with van der Waals surface area (Å²) < 4.78 is 4.88. The Hall–Kier alpha value is -1.03. The van der Waals surface area contributed by atoms with Crippen LogP contribution in [0.4, 0.5) is 5.82 Å². The minimum atomic E-state index is 0.366. The van der Waals surface area contributed by atoms with Crippen LogP contribution in [0.2, 0.25) is 0 Å². The summed E-state index contributed by atoms with van der Waals surface area (Å²) in [6.07, 6.45) is 0. The van der Waals surface area contributed by atoms with Gasteiger partial charge in [0.2, 0.25) is 0 Å². The molecule has 11 heavy (non-hydrogen) atoms. The molecule has 0 aliphatic heterocycles. The molecule has 0 saturated heterocycles.